The molecule has 0 unspecified atom stereocenters. The van der Waals surface area contributed by atoms with E-state index in [1.807, 2.05) is 36.0 Å². The van der Waals surface area contributed by atoms with E-state index in [9.17, 15) is 10.1 Å². The molecule has 0 fully saturated rings. The van der Waals surface area contributed by atoms with Crippen LogP contribution in [-0.4, -0.2) is 25.7 Å². The molecule has 0 bridgehead atoms. The lowest BCUT2D eigenvalue weighted by atomic mass is 9.95. The van der Waals surface area contributed by atoms with Gasteiger partial charge in [-0.1, -0.05) is 11.3 Å². The van der Waals surface area contributed by atoms with E-state index in [1.165, 1.54) is 18.3 Å². The zero-order chi connectivity index (χ0) is 22.4. The Balaban J connectivity index is 1.75. The van der Waals surface area contributed by atoms with E-state index in [1.54, 1.807) is 12.1 Å². The zero-order valence-electron chi connectivity index (χ0n) is 17.3. The summed E-state index contributed by atoms with van der Waals surface area (Å²) in [4.78, 5) is 21.7. The van der Waals surface area contributed by atoms with Crippen molar-refractivity contribution in [2.45, 2.75) is 26.7 Å². The van der Waals surface area contributed by atoms with E-state index >= 15 is 0 Å². The van der Waals surface area contributed by atoms with E-state index in [0.717, 1.165) is 61.8 Å². The number of nitrogens with zero attached hydrogens (tertiary/aromatic N) is 5. The van der Waals surface area contributed by atoms with Crippen molar-refractivity contribution < 1.29 is 4.79 Å². The summed E-state index contributed by atoms with van der Waals surface area (Å²) in [6.07, 6.45) is 3.40. The third-order valence-corrected chi connectivity index (χ3v) is 6.94. The molecule has 32 heavy (non-hydrogen) atoms. The Morgan fingerprint density at radius 1 is 1.28 bits per heavy atom. The molecule has 5 rings (SSSR count). The van der Waals surface area contributed by atoms with Crippen molar-refractivity contribution in [1.29, 1.82) is 5.26 Å². The molecule has 9 heteroatoms. The smallest absolute Gasteiger partial charge is 0.223 e. The molecule has 0 saturated heterocycles. The van der Waals surface area contributed by atoms with Gasteiger partial charge in [0, 0.05) is 34.4 Å². The van der Waals surface area contributed by atoms with Crippen molar-refractivity contribution in [2.75, 3.05) is 5.32 Å². The molecule has 1 amide bonds. The molecule has 7 nitrogen and oxygen atoms in total. The summed E-state index contributed by atoms with van der Waals surface area (Å²) in [7, 11) is 0. The molecular weight excluding hydrogens is 488 g/mol. The lowest BCUT2D eigenvalue weighted by Crippen LogP contribution is -2.07. The average Bonchev–Trinajstić information content (AvgIpc) is 3.34. The van der Waals surface area contributed by atoms with Gasteiger partial charge in [0.15, 0.2) is 5.13 Å². The van der Waals surface area contributed by atoms with Crippen LogP contribution in [0, 0.1) is 18.3 Å². The molecule has 1 aliphatic carbocycles. The molecular formula is C23H17BrN6OS. The standard InChI is InChI=1S/C23H17BrN6OS/c1-12-3-5-15(11-26-12)20-16-6-7-18-22(32-23(28-18)27-13(2)31)21(16)30(29-20)19-8-4-14(10-25)9-17(19)24/h3-5,8-9,11H,6-7H2,1-2H3,(H,27,28,31). The van der Waals surface area contributed by atoms with Gasteiger partial charge in [0.25, 0.3) is 0 Å². The second kappa shape index (κ2) is 7.97. The molecule has 158 valence electrons. The third kappa shape index (κ3) is 3.51. The van der Waals surface area contributed by atoms with Crippen LogP contribution in [0.1, 0.15) is 29.4 Å². The van der Waals surface area contributed by atoms with Crippen molar-refractivity contribution in [1.82, 2.24) is 19.7 Å². The summed E-state index contributed by atoms with van der Waals surface area (Å²) < 4.78 is 2.68. The highest BCUT2D eigenvalue weighted by atomic mass is 79.9. The summed E-state index contributed by atoms with van der Waals surface area (Å²) in [6.45, 7) is 3.44. The first-order chi connectivity index (χ1) is 15.4. The fourth-order valence-electron chi connectivity index (χ4n) is 3.84. The van der Waals surface area contributed by atoms with Gasteiger partial charge in [0.05, 0.1) is 39.3 Å². The topological polar surface area (TPSA) is 96.5 Å². The molecule has 1 aliphatic rings. The van der Waals surface area contributed by atoms with Gasteiger partial charge in [-0.25, -0.2) is 9.67 Å². The minimum atomic E-state index is -0.147. The number of nitrogens with one attached hydrogen (secondary N) is 1. The van der Waals surface area contributed by atoms with Crippen LogP contribution >= 0.6 is 27.3 Å². The predicted octanol–water partition coefficient (Wildman–Crippen LogP) is 5.06. The van der Waals surface area contributed by atoms with Crippen molar-refractivity contribution in [3.05, 3.63) is 63.5 Å². The van der Waals surface area contributed by atoms with E-state index in [2.05, 4.69) is 37.3 Å². The number of carbonyl (C=O) groups is 1. The zero-order valence-corrected chi connectivity index (χ0v) is 19.7. The third-order valence-electron chi connectivity index (χ3n) is 5.28. The molecule has 0 aliphatic heterocycles. The molecule has 0 spiro atoms. The number of benzene rings is 1. The average molecular weight is 505 g/mol. The number of anilines is 1. The van der Waals surface area contributed by atoms with Crippen LogP contribution in [-0.2, 0) is 17.6 Å². The van der Waals surface area contributed by atoms with Gasteiger partial charge in [-0.05, 0) is 66.0 Å². The molecule has 3 aromatic heterocycles. The lowest BCUT2D eigenvalue weighted by Gasteiger charge is -2.15. The van der Waals surface area contributed by atoms with E-state index < -0.39 is 0 Å². The van der Waals surface area contributed by atoms with Crippen LogP contribution < -0.4 is 5.32 Å². The Morgan fingerprint density at radius 3 is 2.81 bits per heavy atom. The van der Waals surface area contributed by atoms with Gasteiger partial charge in [0.1, 0.15) is 0 Å². The minimum absolute atomic E-state index is 0.147. The molecule has 1 aromatic carbocycles. The second-order valence-electron chi connectivity index (χ2n) is 7.53. The normalized spacial score (nSPS) is 12.1. The monoisotopic (exact) mass is 504 g/mol. The first-order valence-corrected chi connectivity index (χ1v) is 11.6. The maximum atomic E-state index is 11.6. The molecule has 4 aromatic rings. The van der Waals surface area contributed by atoms with Crippen LogP contribution in [0.2, 0.25) is 0 Å². The first kappa shape index (κ1) is 20.5. The number of aromatic nitrogens is 4. The summed E-state index contributed by atoms with van der Waals surface area (Å²) in [5.74, 6) is -0.147. The van der Waals surface area contributed by atoms with Crippen LogP contribution in [0.3, 0.4) is 0 Å². The highest BCUT2D eigenvalue weighted by Crippen LogP contribution is 2.44. The van der Waals surface area contributed by atoms with E-state index in [0.29, 0.717) is 10.7 Å². The number of aryl methyl sites for hydroxylation is 2. The summed E-state index contributed by atoms with van der Waals surface area (Å²) in [5, 5.41) is 17.6. The lowest BCUT2D eigenvalue weighted by molar-refractivity contribution is -0.114. The van der Waals surface area contributed by atoms with Gasteiger partial charge >= 0.3 is 0 Å². The number of amides is 1. The van der Waals surface area contributed by atoms with Crippen molar-refractivity contribution in [2.24, 2.45) is 0 Å². The van der Waals surface area contributed by atoms with Gasteiger partial charge in [-0.3, -0.25) is 9.78 Å². The maximum Gasteiger partial charge on any atom is 0.223 e. The van der Waals surface area contributed by atoms with Crippen LogP contribution in [0.25, 0.3) is 27.5 Å². The Labute approximate surface area is 196 Å². The molecule has 0 atom stereocenters. The number of halogens is 1. The van der Waals surface area contributed by atoms with E-state index in [-0.39, 0.29) is 5.91 Å². The Hall–Kier alpha value is -3.35. The number of pyridine rings is 1. The first-order valence-electron chi connectivity index (χ1n) is 9.97. The number of thiazole rings is 1. The van der Waals surface area contributed by atoms with Gasteiger partial charge < -0.3 is 5.32 Å². The quantitative estimate of drug-likeness (QED) is 0.420. The fourth-order valence-corrected chi connectivity index (χ4v) is 5.50. The van der Waals surface area contributed by atoms with Crippen LogP contribution in [0.4, 0.5) is 5.13 Å². The van der Waals surface area contributed by atoms with Crippen LogP contribution in [0.5, 0.6) is 0 Å². The minimum Gasteiger partial charge on any atom is -0.302 e. The van der Waals surface area contributed by atoms with Crippen molar-refractivity contribution >= 4 is 38.3 Å². The highest BCUT2D eigenvalue weighted by Gasteiger charge is 2.30. The van der Waals surface area contributed by atoms with Crippen LogP contribution in [0.15, 0.2) is 41.0 Å². The summed E-state index contributed by atoms with van der Waals surface area (Å²) in [5.41, 5.74) is 7.20. The maximum absolute atomic E-state index is 11.6. The summed E-state index contributed by atoms with van der Waals surface area (Å²) in [6, 6.07) is 11.6. The van der Waals surface area contributed by atoms with Gasteiger partial charge in [-0.15, -0.1) is 0 Å². The molecule has 0 radical (unpaired) electrons. The predicted molar refractivity (Wildman–Crippen MR) is 127 cm³/mol. The highest BCUT2D eigenvalue weighted by molar-refractivity contribution is 9.10. The molecule has 0 saturated carbocycles. The SMILES string of the molecule is CC(=O)Nc1nc2c(s1)-c1c(c(-c3ccc(C)nc3)nn1-c1ccc(C#N)cc1Br)CC2. The largest absolute Gasteiger partial charge is 0.302 e. The molecule has 3 heterocycles. The van der Waals surface area contributed by atoms with Gasteiger partial charge in [-0.2, -0.15) is 10.4 Å². The Kier molecular flexibility index (Phi) is 5.12. The number of hydrogen-bond acceptors (Lipinski definition) is 6. The fraction of sp³-hybridized carbons (Fsp3) is 0.174. The van der Waals surface area contributed by atoms with E-state index in [4.69, 9.17) is 5.10 Å². The van der Waals surface area contributed by atoms with Gasteiger partial charge in [0.2, 0.25) is 5.91 Å². The number of fused-ring (bicyclic) bond motifs is 3. The number of nitriles is 1. The molecule has 1 N–H and O–H groups in total. The second-order valence-corrected chi connectivity index (χ2v) is 9.38. The number of rotatable bonds is 3. The van der Waals surface area contributed by atoms with Crippen molar-refractivity contribution in [3.8, 4) is 33.6 Å². The summed E-state index contributed by atoms with van der Waals surface area (Å²) >= 11 is 5.06. The van der Waals surface area contributed by atoms with Crippen molar-refractivity contribution in [3.63, 3.8) is 0 Å². The number of carbonyl (C=O) groups excluding carboxylic acids is 1. The Morgan fingerprint density at radius 2 is 2.12 bits per heavy atom. The number of hydrogen-bond donors (Lipinski definition) is 1. The Bertz CT molecular complexity index is 1410.